The molecule has 262 valence electrons. The average molecular weight is 695 g/mol. The highest BCUT2D eigenvalue weighted by atomic mass is 28.4. The third-order valence-electron chi connectivity index (χ3n) is 10.4. The van der Waals surface area contributed by atoms with Crippen molar-refractivity contribution in [3.05, 3.63) is 121 Å². The van der Waals surface area contributed by atoms with Gasteiger partial charge in [0.2, 0.25) is 0 Å². The lowest BCUT2D eigenvalue weighted by atomic mass is 9.94. The molecule has 0 aromatic heterocycles. The highest BCUT2D eigenvalue weighted by Crippen LogP contribution is 2.35. The summed E-state index contributed by atoms with van der Waals surface area (Å²) in [5, 5.41) is 4.98. The van der Waals surface area contributed by atoms with E-state index in [1.54, 1.807) is 0 Å². The molecular formula is C43H58O4Si2. The Kier molecular flexibility index (Phi) is 13.3. The number of rotatable bonds is 18. The third kappa shape index (κ3) is 9.90. The molecule has 1 unspecified atom stereocenters. The van der Waals surface area contributed by atoms with Crippen molar-refractivity contribution < 1.29 is 18.3 Å². The Bertz CT molecular complexity index is 1340. The van der Waals surface area contributed by atoms with Crippen molar-refractivity contribution in [3.8, 4) is 0 Å². The summed E-state index contributed by atoms with van der Waals surface area (Å²) < 4.78 is 28.0. The molecule has 1 heterocycles. The van der Waals surface area contributed by atoms with Gasteiger partial charge in [0.1, 0.15) is 12.2 Å². The van der Waals surface area contributed by atoms with E-state index >= 15 is 0 Å². The van der Waals surface area contributed by atoms with Crippen molar-refractivity contribution in [2.45, 2.75) is 97.3 Å². The smallest absolute Gasteiger partial charge is 0.252 e. The van der Waals surface area contributed by atoms with Crippen LogP contribution in [0.2, 0.25) is 13.1 Å². The van der Waals surface area contributed by atoms with Gasteiger partial charge in [-0.25, -0.2) is 0 Å². The summed E-state index contributed by atoms with van der Waals surface area (Å²) in [6, 6.07) is 42.8. The van der Waals surface area contributed by atoms with Gasteiger partial charge in [-0.2, -0.15) is 0 Å². The molecule has 6 heteroatoms. The molecule has 1 aliphatic rings. The molecule has 5 rings (SSSR count). The van der Waals surface area contributed by atoms with Crippen molar-refractivity contribution in [1.29, 1.82) is 0 Å². The van der Waals surface area contributed by atoms with Crippen molar-refractivity contribution in [3.63, 3.8) is 0 Å². The Hall–Kier alpha value is -2.85. The summed E-state index contributed by atoms with van der Waals surface area (Å²) in [5.41, 5.74) is 0. The summed E-state index contributed by atoms with van der Waals surface area (Å²) in [6.45, 7) is 14.6. The van der Waals surface area contributed by atoms with Gasteiger partial charge >= 0.3 is 0 Å². The first-order chi connectivity index (χ1) is 23.6. The molecule has 3 atom stereocenters. The predicted molar refractivity (Wildman–Crippen MR) is 209 cm³/mol. The zero-order valence-electron chi connectivity index (χ0n) is 30.6. The lowest BCUT2D eigenvalue weighted by Crippen LogP contribution is -2.60. The van der Waals surface area contributed by atoms with E-state index in [1.165, 1.54) is 46.4 Å². The van der Waals surface area contributed by atoms with E-state index < -0.39 is 22.4 Å². The van der Waals surface area contributed by atoms with Gasteiger partial charge < -0.3 is 18.3 Å². The quantitative estimate of drug-likeness (QED) is 0.0992. The first-order valence-electron chi connectivity index (χ1n) is 18.5. The van der Waals surface area contributed by atoms with Gasteiger partial charge in [0.05, 0.1) is 13.2 Å². The number of hydrogen-bond acceptors (Lipinski definition) is 4. The van der Waals surface area contributed by atoms with E-state index in [4.69, 9.17) is 18.3 Å². The van der Waals surface area contributed by atoms with Gasteiger partial charge in [-0.15, -0.1) is 0 Å². The lowest BCUT2D eigenvalue weighted by molar-refractivity contribution is -0.170. The summed E-state index contributed by atoms with van der Waals surface area (Å²) >= 11 is 0. The zero-order valence-corrected chi connectivity index (χ0v) is 32.6. The summed E-state index contributed by atoms with van der Waals surface area (Å²) in [4.78, 5) is 0. The maximum atomic E-state index is 7.11. The average Bonchev–Trinajstić information content (AvgIpc) is 3.46. The standard InChI is InChI=1S/C43H58O4Si2/c1-35(2)21-19-22-36(3)23-20-32-43(4)46-41(33-44-48(5,37-24-11-7-12-25-37)38-26-13-8-14-27-38)42(47-43)34-45-49(6,39-28-15-9-16-29-39)40-30-17-10-18-31-40/h7-18,24-31,35-36,41-42H,19-23,32-34H2,1-6H3/t36?,41-,42-/m0/s1. The molecule has 49 heavy (non-hydrogen) atoms. The van der Waals surface area contributed by atoms with Gasteiger partial charge in [0, 0.05) is 6.42 Å². The number of hydrogen-bond donors (Lipinski definition) is 0. The molecule has 0 spiro atoms. The van der Waals surface area contributed by atoms with Gasteiger partial charge in [0.15, 0.2) is 5.79 Å². The second kappa shape index (κ2) is 17.4. The molecule has 0 radical (unpaired) electrons. The molecule has 0 aliphatic carbocycles. The molecule has 0 bridgehead atoms. The molecule has 4 aromatic rings. The van der Waals surface area contributed by atoms with E-state index in [1.807, 2.05) is 0 Å². The van der Waals surface area contributed by atoms with Crippen LogP contribution in [0.25, 0.3) is 0 Å². The molecule has 0 N–H and O–H groups in total. The Morgan fingerprint density at radius 2 is 0.898 bits per heavy atom. The van der Waals surface area contributed by atoms with Crippen LogP contribution in [-0.4, -0.2) is 47.8 Å². The maximum Gasteiger partial charge on any atom is 0.252 e. The van der Waals surface area contributed by atoms with E-state index in [0.29, 0.717) is 19.1 Å². The van der Waals surface area contributed by atoms with E-state index in [2.05, 4.69) is 162 Å². The Morgan fingerprint density at radius 3 is 1.24 bits per heavy atom. The van der Waals surface area contributed by atoms with E-state index in [9.17, 15) is 0 Å². The SMILES string of the molecule is CC(C)CCCC(C)CCCC1(C)O[C@@H](CO[Si](C)(c2ccccc2)c2ccccc2)[C@H](CO[Si](C)(c2ccccc2)c2ccccc2)O1. The van der Waals surface area contributed by atoms with E-state index in [0.717, 1.165) is 18.8 Å². The molecule has 1 aliphatic heterocycles. The van der Waals surface area contributed by atoms with Crippen LogP contribution in [0.3, 0.4) is 0 Å². The fourth-order valence-corrected chi connectivity index (χ4v) is 12.8. The first kappa shape index (κ1) is 37.4. The fourth-order valence-electron chi connectivity index (χ4n) is 7.20. The van der Waals surface area contributed by atoms with Crippen LogP contribution in [0, 0.1) is 11.8 Å². The molecule has 1 saturated heterocycles. The first-order valence-corrected chi connectivity index (χ1v) is 23.3. The second-order valence-electron chi connectivity index (χ2n) is 14.9. The highest BCUT2D eigenvalue weighted by molar-refractivity contribution is 6.97. The van der Waals surface area contributed by atoms with Gasteiger partial charge in [-0.05, 0) is 59.0 Å². The van der Waals surface area contributed by atoms with E-state index in [-0.39, 0.29) is 12.2 Å². The lowest BCUT2D eigenvalue weighted by Gasteiger charge is -2.32. The van der Waals surface area contributed by atoms with Crippen LogP contribution >= 0.6 is 0 Å². The third-order valence-corrected chi connectivity index (χ3v) is 17.6. The minimum absolute atomic E-state index is 0.252. The van der Waals surface area contributed by atoms with Gasteiger partial charge in [-0.1, -0.05) is 168 Å². The molecule has 1 fully saturated rings. The van der Waals surface area contributed by atoms with Crippen molar-refractivity contribution in [2.75, 3.05) is 13.2 Å². The Morgan fingerprint density at radius 1 is 0.551 bits per heavy atom. The largest absolute Gasteiger partial charge is 0.405 e. The van der Waals surface area contributed by atoms with Crippen LogP contribution in [-0.2, 0) is 18.3 Å². The predicted octanol–water partition coefficient (Wildman–Crippen LogP) is 7.93. The van der Waals surface area contributed by atoms with Crippen LogP contribution < -0.4 is 20.7 Å². The summed E-state index contributed by atoms with van der Waals surface area (Å²) in [5.74, 6) is 0.787. The van der Waals surface area contributed by atoms with Crippen molar-refractivity contribution in [1.82, 2.24) is 0 Å². The van der Waals surface area contributed by atoms with Crippen LogP contribution in [0.4, 0.5) is 0 Å². The molecule has 4 nitrogen and oxygen atoms in total. The molecule has 0 saturated carbocycles. The fraction of sp³-hybridized carbons (Fsp3) is 0.442. The van der Waals surface area contributed by atoms with Crippen molar-refractivity contribution >= 4 is 37.4 Å². The van der Waals surface area contributed by atoms with Gasteiger partial charge in [0.25, 0.3) is 16.6 Å². The Balaban J connectivity index is 1.35. The summed E-state index contributed by atoms with van der Waals surface area (Å²) in [6.07, 6.45) is 6.50. The zero-order chi connectivity index (χ0) is 34.7. The topological polar surface area (TPSA) is 36.9 Å². The highest BCUT2D eigenvalue weighted by Gasteiger charge is 2.47. The number of ether oxygens (including phenoxy) is 2. The Labute approximate surface area is 298 Å². The minimum atomic E-state index is -2.54. The molecular weight excluding hydrogens is 637 g/mol. The second-order valence-corrected chi connectivity index (χ2v) is 21.9. The van der Waals surface area contributed by atoms with Crippen molar-refractivity contribution in [2.24, 2.45) is 11.8 Å². The van der Waals surface area contributed by atoms with Crippen LogP contribution in [0.1, 0.15) is 66.2 Å². The van der Waals surface area contributed by atoms with Crippen LogP contribution in [0.15, 0.2) is 121 Å². The molecule has 4 aromatic carbocycles. The molecule has 0 amide bonds. The van der Waals surface area contributed by atoms with Crippen LogP contribution in [0.5, 0.6) is 0 Å². The number of benzene rings is 4. The maximum absolute atomic E-state index is 7.11. The van der Waals surface area contributed by atoms with Gasteiger partial charge in [-0.3, -0.25) is 0 Å². The minimum Gasteiger partial charge on any atom is -0.405 e. The summed E-state index contributed by atoms with van der Waals surface area (Å²) in [7, 11) is -5.08. The normalized spacial score (nSPS) is 18.5. The monoisotopic (exact) mass is 694 g/mol.